The predicted octanol–water partition coefficient (Wildman–Crippen LogP) is 11.8. The maximum Gasteiger partial charge on any atom is -0.0131 e. The van der Waals surface area contributed by atoms with Gasteiger partial charge in [0.25, 0.3) is 0 Å². The summed E-state index contributed by atoms with van der Waals surface area (Å²) in [5, 5.41) is 0. The first-order valence-corrected chi connectivity index (χ1v) is 17.6. The van der Waals surface area contributed by atoms with Crippen LogP contribution in [0.4, 0.5) is 0 Å². The molecule has 8 atom stereocenters. The van der Waals surface area contributed by atoms with Gasteiger partial charge in [-0.1, -0.05) is 117 Å². The van der Waals surface area contributed by atoms with Crippen molar-refractivity contribution >= 4 is 0 Å². The number of benzene rings is 2. The molecule has 4 aliphatic rings. The van der Waals surface area contributed by atoms with Gasteiger partial charge in [0.1, 0.15) is 0 Å². The Labute approximate surface area is 253 Å². The Morgan fingerprint density at radius 2 is 0.878 bits per heavy atom. The Hall–Kier alpha value is -1.56. The van der Waals surface area contributed by atoms with E-state index in [9.17, 15) is 0 Å². The molecule has 0 bridgehead atoms. The first-order valence-electron chi connectivity index (χ1n) is 17.6. The lowest BCUT2D eigenvalue weighted by molar-refractivity contribution is 0.0205. The van der Waals surface area contributed by atoms with Crippen LogP contribution in [-0.2, 0) is 10.8 Å². The fraction of sp³-hybridized carbons (Fsp3) is 0.707. The van der Waals surface area contributed by atoms with E-state index in [0.29, 0.717) is 5.41 Å². The molecule has 0 aliphatic heterocycles. The normalized spacial score (nSPS) is 34.3. The van der Waals surface area contributed by atoms with Crippen LogP contribution >= 0.6 is 0 Å². The van der Waals surface area contributed by atoms with E-state index in [-0.39, 0.29) is 10.8 Å². The van der Waals surface area contributed by atoms with Gasteiger partial charge in [0, 0.05) is 0 Å². The molecule has 0 heteroatoms. The molecule has 2 aromatic carbocycles. The van der Waals surface area contributed by atoms with Gasteiger partial charge in [-0.2, -0.15) is 0 Å². The summed E-state index contributed by atoms with van der Waals surface area (Å²) in [5.41, 5.74) is 7.26. The van der Waals surface area contributed by atoms with Crippen LogP contribution in [0.2, 0.25) is 0 Å². The van der Waals surface area contributed by atoms with Gasteiger partial charge in [0.2, 0.25) is 0 Å². The summed E-state index contributed by atoms with van der Waals surface area (Å²) < 4.78 is 0. The average molecular weight is 553 g/mol. The highest BCUT2D eigenvalue weighted by molar-refractivity contribution is 5.33. The zero-order valence-electron chi connectivity index (χ0n) is 27.8. The van der Waals surface area contributed by atoms with Crippen LogP contribution in [-0.4, -0.2) is 0 Å². The standard InChI is InChI=1S/C41H60/c1-39(2,3)29-15-9-13-27(25-29)31-17-11-19-35-33(31)21-23-37(35)41(7,8)38-24-22-34-32(18-12-20-36(34)38)28-14-10-16-30(26-28)40(4,5)6/h9-10,13-16,25-26,31-38H,11-12,17-24H2,1-8H3. The minimum Gasteiger partial charge on any atom is -0.0617 e. The molecule has 0 N–H and O–H groups in total. The van der Waals surface area contributed by atoms with E-state index in [0.717, 1.165) is 47.3 Å². The molecule has 4 saturated carbocycles. The number of fused-ring (bicyclic) bond motifs is 2. The first-order chi connectivity index (χ1) is 19.4. The Bertz CT molecular complexity index is 1110. The molecule has 2 aromatic rings. The van der Waals surface area contributed by atoms with Gasteiger partial charge in [-0.05, 0) is 137 Å². The maximum atomic E-state index is 2.74. The molecule has 6 rings (SSSR count). The van der Waals surface area contributed by atoms with Gasteiger partial charge in [-0.3, -0.25) is 0 Å². The SMILES string of the molecule is CC(C)(C)c1cccc(C2CCCC3C2CCC3C(C)(C)C2CCC3C(c4cccc(C(C)(C)C)c4)CCCC32)c1. The summed E-state index contributed by atoms with van der Waals surface area (Å²) in [6.45, 7) is 19.7. The Kier molecular flexibility index (Phi) is 7.82. The highest BCUT2D eigenvalue weighted by atomic mass is 14.6. The number of hydrogen-bond acceptors (Lipinski definition) is 0. The summed E-state index contributed by atoms with van der Waals surface area (Å²) in [6, 6.07) is 19.5. The second kappa shape index (κ2) is 10.9. The average Bonchev–Trinajstić information content (AvgIpc) is 3.58. The van der Waals surface area contributed by atoms with Crippen LogP contribution in [0.1, 0.15) is 154 Å². The Balaban J connectivity index is 1.21. The van der Waals surface area contributed by atoms with Gasteiger partial charge in [0.15, 0.2) is 0 Å². The van der Waals surface area contributed by atoms with Crippen molar-refractivity contribution < 1.29 is 0 Å². The van der Waals surface area contributed by atoms with E-state index in [1.54, 1.807) is 11.1 Å². The van der Waals surface area contributed by atoms with Crippen molar-refractivity contribution in [3.8, 4) is 0 Å². The molecular weight excluding hydrogens is 492 g/mol. The van der Waals surface area contributed by atoms with Crippen LogP contribution < -0.4 is 0 Å². The fourth-order valence-corrected chi connectivity index (χ4v) is 11.0. The van der Waals surface area contributed by atoms with Crippen molar-refractivity contribution in [1.82, 2.24) is 0 Å². The van der Waals surface area contributed by atoms with Gasteiger partial charge >= 0.3 is 0 Å². The third-order valence-electron chi connectivity index (χ3n) is 13.2. The second-order valence-electron chi connectivity index (χ2n) is 17.7. The summed E-state index contributed by atoms with van der Waals surface area (Å²) in [5.74, 6) is 7.06. The van der Waals surface area contributed by atoms with Gasteiger partial charge in [0.05, 0.1) is 0 Å². The molecule has 8 unspecified atom stereocenters. The van der Waals surface area contributed by atoms with Crippen molar-refractivity contribution in [3.05, 3.63) is 70.8 Å². The highest BCUT2D eigenvalue weighted by Gasteiger charge is 2.55. The zero-order valence-corrected chi connectivity index (χ0v) is 27.8. The third kappa shape index (κ3) is 5.49. The first kappa shape index (κ1) is 29.5. The molecule has 0 heterocycles. The molecule has 4 fully saturated rings. The lowest BCUT2D eigenvalue weighted by Crippen LogP contribution is -2.41. The molecule has 0 spiro atoms. The number of rotatable bonds is 4. The Morgan fingerprint density at radius 1 is 0.463 bits per heavy atom. The van der Waals surface area contributed by atoms with Crippen LogP contribution in [0, 0.1) is 40.9 Å². The van der Waals surface area contributed by atoms with Crippen molar-refractivity contribution in [2.75, 3.05) is 0 Å². The molecule has 0 radical (unpaired) electrons. The van der Waals surface area contributed by atoms with E-state index in [1.165, 1.54) is 75.3 Å². The molecule has 0 nitrogen and oxygen atoms in total. The zero-order chi connectivity index (χ0) is 29.2. The minimum absolute atomic E-state index is 0.231. The van der Waals surface area contributed by atoms with Crippen LogP contribution in [0.5, 0.6) is 0 Å². The molecule has 0 aromatic heterocycles. The van der Waals surface area contributed by atoms with Crippen molar-refractivity contribution in [2.45, 2.75) is 142 Å². The quantitative estimate of drug-likeness (QED) is 0.354. The molecule has 224 valence electrons. The molecule has 41 heavy (non-hydrogen) atoms. The molecule has 4 aliphatic carbocycles. The van der Waals surface area contributed by atoms with E-state index in [2.05, 4.69) is 104 Å². The fourth-order valence-electron chi connectivity index (χ4n) is 11.0. The van der Waals surface area contributed by atoms with E-state index in [4.69, 9.17) is 0 Å². The lowest BCUT2D eigenvalue weighted by Gasteiger charge is -2.48. The summed E-state index contributed by atoms with van der Waals surface area (Å²) in [6.07, 6.45) is 14.5. The van der Waals surface area contributed by atoms with Gasteiger partial charge < -0.3 is 0 Å². The molecule has 0 saturated heterocycles. The van der Waals surface area contributed by atoms with Crippen LogP contribution in [0.25, 0.3) is 0 Å². The lowest BCUT2D eigenvalue weighted by atomic mass is 9.57. The monoisotopic (exact) mass is 552 g/mol. The van der Waals surface area contributed by atoms with E-state index in [1.807, 2.05) is 0 Å². The Morgan fingerprint density at radius 3 is 1.27 bits per heavy atom. The van der Waals surface area contributed by atoms with Crippen molar-refractivity contribution in [1.29, 1.82) is 0 Å². The second-order valence-corrected chi connectivity index (χ2v) is 17.7. The third-order valence-corrected chi connectivity index (χ3v) is 13.2. The van der Waals surface area contributed by atoms with Crippen LogP contribution in [0.3, 0.4) is 0 Å². The van der Waals surface area contributed by atoms with E-state index < -0.39 is 0 Å². The van der Waals surface area contributed by atoms with E-state index >= 15 is 0 Å². The topological polar surface area (TPSA) is 0 Å². The van der Waals surface area contributed by atoms with Crippen LogP contribution in [0.15, 0.2) is 48.5 Å². The largest absolute Gasteiger partial charge is 0.0617 e. The minimum atomic E-state index is 0.231. The summed E-state index contributed by atoms with van der Waals surface area (Å²) in [4.78, 5) is 0. The smallest absolute Gasteiger partial charge is 0.0131 e. The highest BCUT2D eigenvalue weighted by Crippen LogP contribution is 2.64. The van der Waals surface area contributed by atoms with Gasteiger partial charge in [-0.15, -0.1) is 0 Å². The molecular formula is C41H60. The molecule has 0 amide bonds. The summed E-state index contributed by atoms with van der Waals surface area (Å²) in [7, 11) is 0. The summed E-state index contributed by atoms with van der Waals surface area (Å²) >= 11 is 0. The van der Waals surface area contributed by atoms with Gasteiger partial charge in [-0.25, -0.2) is 0 Å². The van der Waals surface area contributed by atoms with Crippen molar-refractivity contribution in [2.24, 2.45) is 40.9 Å². The van der Waals surface area contributed by atoms with Crippen molar-refractivity contribution in [3.63, 3.8) is 0 Å². The predicted molar refractivity (Wildman–Crippen MR) is 177 cm³/mol. The maximum absolute atomic E-state index is 2.74. The number of hydrogen-bond donors (Lipinski definition) is 0.